The molecule has 0 radical (unpaired) electrons. The Balaban J connectivity index is 2.55. The molecule has 2 rings (SSSR count). The smallest absolute Gasteiger partial charge is 0.338 e. The normalized spacial score (nSPS) is 17.5. The molecule has 1 aliphatic heterocycles. The maximum absolute atomic E-state index is 12.5. The number of non-ortho nitro benzene ring substituents is 1. The summed E-state index contributed by atoms with van der Waals surface area (Å²) in [4.78, 5) is 24.8. The zero-order valence-corrected chi connectivity index (χ0v) is 14.6. The van der Waals surface area contributed by atoms with E-state index in [1.807, 2.05) is 6.92 Å². The Kier molecular flexibility index (Phi) is 5.50. The van der Waals surface area contributed by atoms with Crippen molar-refractivity contribution < 1.29 is 14.5 Å². The quantitative estimate of drug-likeness (QED) is 0.378. The van der Waals surface area contributed by atoms with Gasteiger partial charge in [0.05, 0.1) is 23.1 Å². The number of allylic oxidation sites excluding steroid dienone is 1. The van der Waals surface area contributed by atoms with Crippen molar-refractivity contribution in [1.82, 2.24) is 10.2 Å². The largest absolute Gasteiger partial charge is 0.463 e. The fourth-order valence-corrected chi connectivity index (χ4v) is 3.09. The Morgan fingerprint density at radius 3 is 2.75 bits per heavy atom. The molecule has 0 spiro atoms. The molecule has 0 saturated heterocycles. The van der Waals surface area contributed by atoms with Crippen molar-refractivity contribution in [3.63, 3.8) is 0 Å². The number of nitrogens with zero attached hydrogens (tertiary/aromatic N) is 2. The van der Waals surface area contributed by atoms with Gasteiger partial charge in [-0.2, -0.15) is 0 Å². The van der Waals surface area contributed by atoms with Gasteiger partial charge in [0.1, 0.15) is 0 Å². The van der Waals surface area contributed by atoms with E-state index in [9.17, 15) is 14.9 Å². The summed E-state index contributed by atoms with van der Waals surface area (Å²) in [6.45, 7) is 6.30. The highest BCUT2D eigenvalue weighted by Gasteiger charge is 2.34. The number of nitro groups is 1. The molecule has 0 aliphatic carbocycles. The number of thiocarbonyl (C=S) groups is 1. The number of nitro benzene ring substituents is 1. The van der Waals surface area contributed by atoms with Gasteiger partial charge in [0.15, 0.2) is 5.11 Å². The van der Waals surface area contributed by atoms with Crippen LogP contribution in [0.3, 0.4) is 0 Å². The number of esters is 1. The Morgan fingerprint density at radius 2 is 2.17 bits per heavy atom. The molecule has 1 heterocycles. The molecule has 0 unspecified atom stereocenters. The fourth-order valence-electron chi connectivity index (χ4n) is 2.70. The summed E-state index contributed by atoms with van der Waals surface area (Å²) in [5.74, 6) is -0.458. The topological polar surface area (TPSA) is 84.7 Å². The molecule has 0 aromatic heterocycles. The standard InChI is InChI=1S/C16H19N3O4S/c1-4-18-10(3)13(15(20)23-5-2)14(17-16(18)24)11-7-6-8-12(9-11)19(21)22/h6-9,14H,4-5H2,1-3H3,(H,17,24)/t14-/m0/s1. The number of rotatable bonds is 5. The molecule has 0 fully saturated rings. The average Bonchev–Trinajstić information content (AvgIpc) is 2.54. The van der Waals surface area contributed by atoms with E-state index in [1.54, 1.807) is 30.9 Å². The zero-order valence-electron chi connectivity index (χ0n) is 13.7. The van der Waals surface area contributed by atoms with Crippen LogP contribution in [0.1, 0.15) is 32.4 Å². The first-order valence-corrected chi connectivity index (χ1v) is 8.01. The van der Waals surface area contributed by atoms with Gasteiger partial charge in [-0.1, -0.05) is 12.1 Å². The summed E-state index contributed by atoms with van der Waals surface area (Å²) >= 11 is 5.36. The van der Waals surface area contributed by atoms with E-state index < -0.39 is 16.9 Å². The van der Waals surface area contributed by atoms with Crippen LogP contribution in [-0.4, -0.2) is 34.1 Å². The predicted molar refractivity (Wildman–Crippen MR) is 93.3 cm³/mol. The van der Waals surface area contributed by atoms with Crippen LogP contribution < -0.4 is 5.32 Å². The first kappa shape index (κ1) is 17.9. The first-order valence-electron chi connectivity index (χ1n) is 7.60. The second-order valence-electron chi connectivity index (χ2n) is 5.20. The lowest BCUT2D eigenvalue weighted by molar-refractivity contribution is -0.384. The number of hydrogen-bond donors (Lipinski definition) is 1. The molecule has 0 bridgehead atoms. The van der Waals surface area contributed by atoms with Gasteiger partial charge < -0.3 is 15.0 Å². The van der Waals surface area contributed by atoms with Crippen molar-refractivity contribution in [3.05, 3.63) is 51.2 Å². The molecular formula is C16H19N3O4S. The van der Waals surface area contributed by atoms with Gasteiger partial charge in [-0.3, -0.25) is 10.1 Å². The van der Waals surface area contributed by atoms with Crippen LogP contribution in [0.25, 0.3) is 0 Å². The lowest BCUT2D eigenvalue weighted by atomic mass is 9.94. The monoisotopic (exact) mass is 349 g/mol. The van der Waals surface area contributed by atoms with Crippen LogP contribution in [0.15, 0.2) is 35.5 Å². The van der Waals surface area contributed by atoms with Gasteiger partial charge in [-0.05, 0) is 38.6 Å². The Hall–Kier alpha value is -2.48. The van der Waals surface area contributed by atoms with E-state index in [1.165, 1.54) is 12.1 Å². The first-order chi connectivity index (χ1) is 11.4. The number of hydrogen-bond acceptors (Lipinski definition) is 5. The van der Waals surface area contributed by atoms with E-state index >= 15 is 0 Å². The Bertz CT molecular complexity index is 717. The SMILES string of the molecule is CCOC(=O)C1=C(C)N(CC)C(=S)N[C@H]1c1cccc([N+](=O)[O-])c1. The number of benzene rings is 1. The van der Waals surface area contributed by atoms with Crippen LogP contribution in [0.4, 0.5) is 5.69 Å². The molecule has 1 atom stereocenters. The van der Waals surface area contributed by atoms with Crippen molar-refractivity contribution >= 4 is 29.0 Å². The van der Waals surface area contributed by atoms with Crippen molar-refractivity contribution in [1.29, 1.82) is 0 Å². The molecule has 1 aromatic rings. The van der Waals surface area contributed by atoms with Gasteiger partial charge in [0.2, 0.25) is 0 Å². The molecule has 1 N–H and O–H groups in total. The molecule has 0 saturated carbocycles. The van der Waals surface area contributed by atoms with E-state index in [4.69, 9.17) is 17.0 Å². The summed E-state index contributed by atoms with van der Waals surface area (Å²) < 4.78 is 5.17. The zero-order chi connectivity index (χ0) is 17.9. The summed E-state index contributed by atoms with van der Waals surface area (Å²) in [7, 11) is 0. The van der Waals surface area contributed by atoms with E-state index in [2.05, 4.69) is 5.32 Å². The van der Waals surface area contributed by atoms with Crippen molar-refractivity contribution in [2.75, 3.05) is 13.2 Å². The second kappa shape index (κ2) is 7.39. The molecule has 24 heavy (non-hydrogen) atoms. The molecule has 0 amide bonds. The summed E-state index contributed by atoms with van der Waals surface area (Å²) in [5, 5.41) is 14.6. The highest BCUT2D eigenvalue weighted by atomic mass is 32.1. The summed E-state index contributed by atoms with van der Waals surface area (Å²) in [6, 6.07) is 5.57. The third-order valence-corrected chi connectivity index (χ3v) is 4.16. The van der Waals surface area contributed by atoms with E-state index in [0.717, 1.165) is 0 Å². The second-order valence-corrected chi connectivity index (χ2v) is 5.59. The van der Waals surface area contributed by atoms with Gasteiger partial charge in [0, 0.05) is 24.4 Å². The van der Waals surface area contributed by atoms with Crippen LogP contribution in [0.2, 0.25) is 0 Å². The predicted octanol–water partition coefficient (Wildman–Crippen LogP) is 2.68. The highest BCUT2D eigenvalue weighted by molar-refractivity contribution is 7.80. The fraction of sp³-hybridized carbons (Fsp3) is 0.375. The lowest BCUT2D eigenvalue weighted by Gasteiger charge is -2.36. The van der Waals surface area contributed by atoms with Gasteiger partial charge in [-0.25, -0.2) is 4.79 Å². The Labute approximate surface area is 145 Å². The molecular weight excluding hydrogens is 330 g/mol. The van der Waals surface area contributed by atoms with E-state index in [-0.39, 0.29) is 12.3 Å². The average molecular weight is 349 g/mol. The number of carbonyl (C=O) groups is 1. The maximum Gasteiger partial charge on any atom is 0.338 e. The molecule has 128 valence electrons. The van der Waals surface area contributed by atoms with E-state index in [0.29, 0.717) is 28.5 Å². The summed E-state index contributed by atoms with van der Waals surface area (Å²) in [5.41, 5.74) is 1.65. The number of nitrogens with one attached hydrogen (secondary N) is 1. The lowest BCUT2D eigenvalue weighted by Crippen LogP contribution is -2.47. The number of carbonyl (C=O) groups excluding carboxylic acids is 1. The van der Waals surface area contributed by atoms with Gasteiger partial charge in [0.25, 0.3) is 5.69 Å². The van der Waals surface area contributed by atoms with Crippen molar-refractivity contribution in [2.45, 2.75) is 26.8 Å². The van der Waals surface area contributed by atoms with Crippen molar-refractivity contribution in [3.8, 4) is 0 Å². The third-order valence-electron chi connectivity index (χ3n) is 3.82. The maximum atomic E-state index is 12.5. The summed E-state index contributed by atoms with van der Waals surface area (Å²) in [6.07, 6.45) is 0. The third kappa shape index (κ3) is 3.38. The molecule has 1 aromatic carbocycles. The Morgan fingerprint density at radius 1 is 1.46 bits per heavy atom. The minimum absolute atomic E-state index is 0.0426. The van der Waals surface area contributed by atoms with Crippen LogP contribution >= 0.6 is 12.2 Å². The van der Waals surface area contributed by atoms with Gasteiger partial charge in [-0.15, -0.1) is 0 Å². The highest BCUT2D eigenvalue weighted by Crippen LogP contribution is 2.32. The number of ether oxygens (including phenoxy) is 1. The minimum atomic E-state index is -0.584. The van der Waals surface area contributed by atoms with Crippen LogP contribution in [0, 0.1) is 10.1 Å². The minimum Gasteiger partial charge on any atom is -0.463 e. The van der Waals surface area contributed by atoms with Gasteiger partial charge >= 0.3 is 5.97 Å². The molecule has 8 heteroatoms. The molecule has 1 aliphatic rings. The van der Waals surface area contributed by atoms with Crippen LogP contribution in [-0.2, 0) is 9.53 Å². The van der Waals surface area contributed by atoms with Crippen molar-refractivity contribution in [2.24, 2.45) is 0 Å². The molecule has 7 nitrogen and oxygen atoms in total. The van der Waals surface area contributed by atoms with Crippen LogP contribution in [0.5, 0.6) is 0 Å².